The average molecular weight is 416 g/mol. The lowest BCUT2D eigenvalue weighted by molar-refractivity contribution is 0.0819. The molecule has 0 atom stereocenters. The van der Waals surface area contributed by atoms with Gasteiger partial charge in [-0.15, -0.1) is 0 Å². The predicted molar refractivity (Wildman–Crippen MR) is 120 cm³/mol. The van der Waals surface area contributed by atoms with E-state index in [-0.39, 0.29) is 5.91 Å². The minimum Gasteiger partial charge on any atom is -0.380 e. The Bertz CT molecular complexity index is 1250. The number of anilines is 2. The van der Waals surface area contributed by atoms with Crippen molar-refractivity contribution < 1.29 is 9.53 Å². The molecule has 4 aromatic rings. The van der Waals surface area contributed by atoms with Crippen molar-refractivity contribution in [1.29, 1.82) is 0 Å². The van der Waals surface area contributed by atoms with Gasteiger partial charge in [-0.1, -0.05) is 6.07 Å². The predicted octanol–water partition coefficient (Wildman–Crippen LogP) is 3.62. The van der Waals surface area contributed by atoms with Gasteiger partial charge >= 0.3 is 0 Å². The molecule has 1 N–H and O–H groups in total. The van der Waals surface area contributed by atoms with Crippen LogP contribution in [0.4, 0.5) is 11.6 Å². The molecule has 4 rings (SSSR count). The van der Waals surface area contributed by atoms with Crippen molar-refractivity contribution >= 4 is 28.4 Å². The number of fused-ring (bicyclic) bond motifs is 1. The Hall–Kier alpha value is -3.78. The smallest absolute Gasteiger partial charge is 0.269 e. The monoisotopic (exact) mass is 416 g/mol. The number of carbonyl (C=O) groups is 1. The van der Waals surface area contributed by atoms with E-state index in [1.807, 2.05) is 54.1 Å². The lowest BCUT2D eigenvalue weighted by atomic mass is 10.2. The van der Waals surface area contributed by atoms with Crippen LogP contribution in [0.2, 0.25) is 0 Å². The summed E-state index contributed by atoms with van der Waals surface area (Å²) in [6, 6.07) is 13.5. The lowest BCUT2D eigenvalue weighted by Gasteiger charge is -2.11. The summed E-state index contributed by atoms with van der Waals surface area (Å²) in [6.45, 7) is 0.515. The molecular formula is C23H24N6O2. The fraction of sp³-hybridized carbons (Fsp3) is 0.217. The Balaban J connectivity index is 1.62. The first-order valence-electron chi connectivity index (χ1n) is 9.81. The zero-order valence-electron chi connectivity index (χ0n) is 18.0. The van der Waals surface area contributed by atoms with Gasteiger partial charge < -0.3 is 19.5 Å². The van der Waals surface area contributed by atoms with Gasteiger partial charge in [0.2, 0.25) is 5.95 Å². The topological polar surface area (TPSA) is 85.2 Å². The van der Waals surface area contributed by atoms with Gasteiger partial charge in [0, 0.05) is 51.7 Å². The summed E-state index contributed by atoms with van der Waals surface area (Å²) in [5.74, 6) is 0.432. The van der Waals surface area contributed by atoms with Gasteiger partial charge in [0.1, 0.15) is 5.69 Å². The van der Waals surface area contributed by atoms with Gasteiger partial charge in [-0.05, 0) is 42.0 Å². The second-order valence-corrected chi connectivity index (χ2v) is 7.43. The van der Waals surface area contributed by atoms with Crippen molar-refractivity contribution in [1.82, 2.24) is 24.4 Å². The van der Waals surface area contributed by atoms with Crippen LogP contribution >= 0.6 is 0 Å². The maximum atomic E-state index is 12.4. The summed E-state index contributed by atoms with van der Waals surface area (Å²) in [5.41, 5.74) is 4.91. The number of nitrogens with zero attached hydrogens (tertiary/aromatic N) is 5. The largest absolute Gasteiger partial charge is 0.380 e. The average Bonchev–Trinajstić information content (AvgIpc) is 3.10. The standard InChI is InChI=1S/C23H24N6O2/c1-28(2)22(30)21-12-16-5-6-17(13-20(16)29(21)3)26-23-25-10-8-18(27-23)19-11-15(14-31-4)7-9-24-19/h5-13H,14H2,1-4H3,(H,25,26,27). The molecule has 1 aromatic carbocycles. The third kappa shape index (κ3) is 4.24. The number of ether oxygens (including phenoxy) is 1. The normalized spacial score (nSPS) is 11.0. The van der Waals surface area contributed by atoms with E-state index in [0.717, 1.165) is 27.8 Å². The van der Waals surface area contributed by atoms with Crippen molar-refractivity contribution in [3.05, 3.63) is 66.1 Å². The molecule has 0 aliphatic rings. The van der Waals surface area contributed by atoms with Crippen molar-refractivity contribution in [2.24, 2.45) is 7.05 Å². The molecule has 0 aliphatic carbocycles. The fourth-order valence-corrected chi connectivity index (χ4v) is 3.40. The number of carbonyl (C=O) groups excluding carboxylic acids is 1. The summed E-state index contributed by atoms with van der Waals surface area (Å²) in [5, 5.41) is 4.24. The molecule has 0 spiro atoms. The van der Waals surface area contributed by atoms with E-state index in [0.29, 0.717) is 23.9 Å². The zero-order chi connectivity index (χ0) is 22.0. The van der Waals surface area contributed by atoms with Crippen molar-refractivity contribution in [3.8, 4) is 11.4 Å². The Kier molecular flexibility index (Phi) is 5.64. The van der Waals surface area contributed by atoms with Crippen LogP contribution in [0.3, 0.4) is 0 Å². The van der Waals surface area contributed by atoms with Crippen molar-refractivity contribution in [3.63, 3.8) is 0 Å². The number of hydrogen-bond donors (Lipinski definition) is 1. The van der Waals surface area contributed by atoms with E-state index in [1.165, 1.54) is 0 Å². The molecule has 0 bridgehead atoms. The maximum Gasteiger partial charge on any atom is 0.269 e. The number of hydrogen-bond acceptors (Lipinski definition) is 6. The zero-order valence-corrected chi connectivity index (χ0v) is 18.0. The molecule has 3 heterocycles. The Morgan fingerprint density at radius 1 is 1.06 bits per heavy atom. The number of amides is 1. The number of rotatable bonds is 6. The van der Waals surface area contributed by atoms with Crippen LogP contribution in [0.1, 0.15) is 16.1 Å². The van der Waals surface area contributed by atoms with Crippen molar-refractivity contribution in [2.75, 3.05) is 26.5 Å². The highest BCUT2D eigenvalue weighted by molar-refractivity contribution is 5.99. The molecule has 1 amide bonds. The van der Waals surface area contributed by atoms with Gasteiger partial charge in [-0.25, -0.2) is 9.97 Å². The van der Waals surface area contributed by atoms with Crippen LogP contribution in [0.5, 0.6) is 0 Å². The molecule has 8 nitrogen and oxygen atoms in total. The molecule has 31 heavy (non-hydrogen) atoms. The molecule has 158 valence electrons. The third-order valence-electron chi connectivity index (χ3n) is 4.98. The molecule has 0 aliphatic heterocycles. The van der Waals surface area contributed by atoms with Gasteiger partial charge in [0.25, 0.3) is 5.91 Å². The summed E-state index contributed by atoms with van der Waals surface area (Å²) < 4.78 is 7.09. The third-order valence-corrected chi connectivity index (χ3v) is 4.98. The van der Waals surface area contributed by atoms with Gasteiger partial charge in [0.15, 0.2) is 0 Å². The summed E-state index contributed by atoms with van der Waals surface area (Å²) in [4.78, 5) is 27.3. The molecule has 0 saturated heterocycles. The molecule has 0 saturated carbocycles. The van der Waals surface area contributed by atoms with Crippen LogP contribution in [0, 0.1) is 0 Å². The lowest BCUT2D eigenvalue weighted by Crippen LogP contribution is -2.23. The van der Waals surface area contributed by atoms with Gasteiger partial charge in [0.05, 0.1) is 23.5 Å². The minimum absolute atomic E-state index is 0.0348. The highest BCUT2D eigenvalue weighted by Gasteiger charge is 2.15. The first kappa shape index (κ1) is 20.5. The summed E-state index contributed by atoms with van der Waals surface area (Å²) in [6.07, 6.45) is 3.44. The highest BCUT2D eigenvalue weighted by Crippen LogP contribution is 2.25. The number of aromatic nitrogens is 4. The van der Waals surface area contributed by atoms with Crippen molar-refractivity contribution in [2.45, 2.75) is 6.61 Å². The van der Waals surface area contributed by atoms with Crippen LogP contribution in [0.25, 0.3) is 22.3 Å². The summed E-state index contributed by atoms with van der Waals surface area (Å²) >= 11 is 0. The molecule has 8 heteroatoms. The second-order valence-electron chi connectivity index (χ2n) is 7.43. The Labute approximate surface area is 180 Å². The van der Waals surface area contributed by atoms with Crippen LogP contribution in [0.15, 0.2) is 54.9 Å². The Morgan fingerprint density at radius 3 is 2.65 bits per heavy atom. The maximum absolute atomic E-state index is 12.4. The first-order valence-corrected chi connectivity index (χ1v) is 9.81. The number of methoxy groups -OCH3 is 1. The van der Waals surface area contributed by atoms with Gasteiger partial charge in [-0.2, -0.15) is 0 Å². The number of pyridine rings is 1. The van der Waals surface area contributed by atoms with E-state index >= 15 is 0 Å². The van der Waals surface area contributed by atoms with E-state index in [2.05, 4.69) is 20.3 Å². The number of benzene rings is 1. The second kappa shape index (κ2) is 8.53. The first-order chi connectivity index (χ1) is 15.0. The highest BCUT2D eigenvalue weighted by atomic mass is 16.5. The van der Waals surface area contributed by atoms with E-state index < -0.39 is 0 Å². The minimum atomic E-state index is -0.0348. The van der Waals surface area contributed by atoms with Crippen LogP contribution in [-0.4, -0.2) is 51.5 Å². The Morgan fingerprint density at radius 2 is 1.87 bits per heavy atom. The summed E-state index contributed by atoms with van der Waals surface area (Å²) in [7, 11) is 7.04. The molecule has 0 fully saturated rings. The van der Waals surface area contributed by atoms with E-state index in [1.54, 1.807) is 38.5 Å². The van der Waals surface area contributed by atoms with Crippen LogP contribution < -0.4 is 5.32 Å². The molecule has 0 radical (unpaired) electrons. The number of aryl methyl sites for hydroxylation is 1. The SMILES string of the molecule is COCc1ccnc(-c2ccnc(Nc3ccc4cc(C(=O)N(C)C)n(C)c4c3)n2)c1. The molecule has 3 aromatic heterocycles. The van der Waals surface area contributed by atoms with E-state index in [4.69, 9.17) is 4.74 Å². The molecular weight excluding hydrogens is 392 g/mol. The number of nitrogens with one attached hydrogen (secondary N) is 1. The fourth-order valence-electron chi connectivity index (χ4n) is 3.40. The van der Waals surface area contributed by atoms with E-state index in [9.17, 15) is 4.79 Å². The van der Waals surface area contributed by atoms with Gasteiger partial charge in [-0.3, -0.25) is 9.78 Å². The van der Waals surface area contributed by atoms with Crippen LogP contribution in [-0.2, 0) is 18.4 Å². The quantitative estimate of drug-likeness (QED) is 0.517. The molecule has 0 unspecified atom stereocenters.